The van der Waals surface area contributed by atoms with Crippen LogP contribution in [0.4, 0.5) is 5.13 Å². The molecule has 5 nitrogen and oxygen atoms in total. The van der Waals surface area contributed by atoms with Crippen LogP contribution in [-0.2, 0) is 11.3 Å². The standard InChI is InChI=1S/C19H26N4OS/c1-14-7-6-8-15(11-14)17(22(2)3)18(24)20-12-16-13-25-19(21-16)23-9-4-5-10-23/h6-8,11,13,17H,4-5,9-10,12H2,1-3H3,(H,20,24)/t17-/m0/s1. The van der Waals surface area contributed by atoms with Gasteiger partial charge in [0, 0.05) is 18.5 Å². The van der Waals surface area contributed by atoms with E-state index in [1.807, 2.05) is 49.5 Å². The quantitative estimate of drug-likeness (QED) is 0.862. The molecule has 0 spiro atoms. The van der Waals surface area contributed by atoms with Crippen molar-refractivity contribution >= 4 is 22.4 Å². The average Bonchev–Trinajstić information content (AvgIpc) is 3.24. The zero-order valence-electron chi connectivity index (χ0n) is 15.2. The Kier molecular flexibility index (Phi) is 5.71. The van der Waals surface area contributed by atoms with Gasteiger partial charge in [0.25, 0.3) is 0 Å². The minimum Gasteiger partial charge on any atom is -0.349 e. The first-order valence-corrected chi connectivity index (χ1v) is 9.62. The fourth-order valence-corrected chi connectivity index (χ4v) is 4.11. The van der Waals surface area contributed by atoms with Gasteiger partial charge in [-0.1, -0.05) is 29.8 Å². The van der Waals surface area contributed by atoms with Crippen molar-refractivity contribution in [3.05, 3.63) is 46.5 Å². The van der Waals surface area contributed by atoms with E-state index in [4.69, 9.17) is 0 Å². The molecule has 1 atom stereocenters. The van der Waals surface area contributed by atoms with E-state index >= 15 is 0 Å². The number of anilines is 1. The van der Waals surface area contributed by atoms with Crippen molar-refractivity contribution in [2.24, 2.45) is 0 Å². The van der Waals surface area contributed by atoms with Crippen LogP contribution in [0.2, 0.25) is 0 Å². The van der Waals surface area contributed by atoms with Crippen LogP contribution in [-0.4, -0.2) is 43.0 Å². The molecule has 25 heavy (non-hydrogen) atoms. The van der Waals surface area contributed by atoms with Gasteiger partial charge in [-0.25, -0.2) is 4.98 Å². The Hall–Kier alpha value is -1.92. The third kappa shape index (κ3) is 4.38. The SMILES string of the molecule is Cc1cccc([C@@H](C(=O)NCc2csc(N3CCCC3)n2)N(C)C)c1. The van der Waals surface area contributed by atoms with Crippen molar-refractivity contribution in [1.29, 1.82) is 0 Å². The van der Waals surface area contributed by atoms with Crippen molar-refractivity contribution in [3.63, 3.8) is 0 Å². The average molecular weight is 359 g/mol. The Balaban J connectivity index is 1.64. The molecule has 3 rings (SSSR count). The van der Waals surface area contributed by atoms with Gasteiger partial charge in [-0.3, -0.25) is 9.69 Å². The first-order valence-electron chi connectivity index (χ1n) is 8.74. The lowest BCUT2D eigenvalue weighted by Gasteiger charge is -2.24. The molecule has 1 N–H and O–H groups in total. The number of aromatic nitrogens is 1. The molecule has 0 aliphatic carbocycles. The number of amides is 1. The van der Waals surface area contributed by atoms with Crippen molar-refractivity contribution < 1.29 is 4.79 Å². The van der Waals surface area contributed by atoms with Crippen LogP contribution in [0.25, 0.3) is 0 Å². The van der Waals surface area contributed by atoms with Gasteiger partial charge in [-0.15, -0.1) is 11.3 Å². The molecule has 6 heteroatoms. The zero-order valence-corrected chi connectivity index (χ0v) is 16.0. The molecule has 1 amide bonds. The zero-order chi connectivity index (χ0) is 17.8. The first kappa shape index (κ1) is 17.9. The minimum atomic E-state index is -0.295. The van der Waals surface area contributed by atoms with Gasteiger partial charge in [0.05, 0.1) is 12.2 Å². The summed E-state index contributed by atoms with van der Waals surface area (Å²) in [7, 11) is 3.86. The fourth-order valence-electron chi connectivity index (χ4n) is 3.23. The third-order valence-corrected chi connectivity index (χ3v) is 5.43. The molecule has 1 aliphatic heterocycles. The first-order chi connectivity index (χ1) is 12.0. The maximum Gasteiger partial charge on any atom is 0.242 e. The van der Waals surface area contributed by atoms with Crippen molar-refractivity contribution in [2.45, 2.75) is 32.4 Å². The second-order valence-corrected chi connectivity index (χ2v) is 7.65. The second-order valence-electron chi connectivity index (χ2n) is 6.81. The summed E-state index contributed by atoms with van der Waals surface area (Å²) >= 11 is 1.66. The molecule has 1 aromatic carbocycles. The molecule has 1 saturated heterocycles. The lowest BCUT2D eigenvalue weighted by Crippen LogP contribution is -2.36. The number of thiazole rings is 1. The summed E-state index contributed by atoms with van der Waals surface area (Å²) in [6.07, 6.45) is 2.49. The fraction of sp³-hybridized carbons (Fsp3) is 0.474. The number of carbonyl (C=O) groups is 1. The number of carbonyl (C=O) groups excluding carboxylic acids is 1. The molecule has 1 aliphatic rings. The topological polar surface area (TPSA) is 48.5 Å². The molecule has 0 unspecified atom stereocenters. The molecule has 134 valence electrons. The van der Waals surface area contributed by atoms with Crippen molar-refractivity contribution in [1.82, 2.24) is 15.2 Å². The predicted molar refractivity (Wildman–Crippen MR) is 103 cm³/mol. The van der Waals surface area contributed by atoms with E-state index in [1.54, 1.807) is 11.3 Å². The van der Waals surface area contributed by atoms with E-state index in [2.05, 4.69) is 21.3 Å². The van der Waals surface area contributed by atoms with E-state index in [0.29, 0.717) is 6.54 Å². The van der Waals surface area contributed by atoms with Gasteiger partial charge < -0.3 is 10.2 Å². The molecule has 0 radical (unpaired) electrons. The van der Waals surface area contributed by atoms with E-state index < -0.39 is 0 Å². The number of nitrogens with one attached hydrogen (secondary N) is 1. The van der Waals surface area contributed by atoms with E-state index in [1.165, 1.54) is 12.8 Å². The van der Waals surface area contributed by atoms with Crippen LogP contribution in [0.3, 0.4) is 0 Å². The highest BCUT2D eigenvalue weighted by Gasteiger charge is 2.23. The summed E-state index contributed by atoms with van der Waals surface area (Å²) in [5.74, 6) is 0.00585. The molecular weight excluding hydrogens is 332 g/mol. The molecule has 1 aromatic heterocycles. The number of aryl methyl sites for hydroxylation is 1. The molecule has 0 bridgehead atoms. The second kappa shape index (κ2) is 7.97. The van der Waals surface area contributed by atoms with Crippen LogP contribution in [0.5, 0.6) is 0 Å². The third-order valence-electron chi connectivity index (χ3n) is 4.48. The van der Waals surface area contributed by atoms with Crippen molar-refractivity contribution in [2.75, 3.05) is 32.1 Å². The summed E-state index contributed by atoms with van der Waals surface area (Å²) in [4.78, 5) is 21.7. The Labute approximate surface area is 153 Å². The summed E-state index contributed by atoms with van der Waals surface area (Å²) in [5, 5.41) is 6.17. The van der Waals surface area contributed by atoms with E-state index in [-0.39, 0.29) is 11.9 Å². The number of nitrogens with zero attached hydrogens (tertiary/aromatic N) is 3. The Morgan fingerprint density at radius 1 is 1.36 bits per heavy atom. The van der Waals surface area contributed by atoms with Gasteiger partial charge in [0.1, 0.15) is 6.04 Å². The maximum absolute atomic E-state index is 12.7. The maximum atomic E-state index is 12.7. The largest absolute Gasteiger partial charge is 0.349 e. The molecule has 2 aromatic rings. The van der Waals surface area contributed by atoms with Gasteiger partial charge in [0.2, 0.25) is 5.91 Å². The molecule has 0 saturated carbocycles. The van der Waals surface area contributed by atoms with Gasteiger partial charge >= 0.3 is 0 Å². The van der Waals surface area contributed by atoms with Crippen LogP contribution >= 0.6 is 11.3 Å². The summed E-state index contributed by atoms with van der Waals surface area (Å²) in [6.45, 7) is 4.70. The van der Waals surface area contributed by atoms with Gasteiger partial charge in [0.15, 0.2) is 5.13 Å². The van der Waals surface area contributed by atoms with Gasteiger partial charge in [-0.05, 0) is 39.4 Å². The highest BCUT2D eigenvalue weighted by atomic mass is 32.1. The normalized spacial score (nSPS) is 15.6. The van der Waals surface area contributed by atoms with E-state index in [0.717, 1.165) is 35.0 Å². The monoisotopic (exact) mass is 358 g/mol. The van der Waals surface area contributed by atoms with Crippen LogP contribution in [0.1, 0.15) is 35.7 Å². The van der Waals surface area contributed by atoms with Gasteiger partial charge in [-0.2, -0.15) is 0 Å². The highest BCUT2D eigenvalue weighted by molar-refractivity contribution is 7.13. The van der Waals surface area contributed by atoms with Crippen molar-refractivity contribution in [3.8, 4) is 0 Å². The summed E-state index contributed by atoms with van der Waals surface area (Å²) in [6, 6.07) is 7.82. The smallest absolute Gasteiger partial charge is 0.242 e. The Morgan fingerprint density at radius 3 is 2.80 bits per heavy atom. The number of benzene rings is 1. The lowest BCUT2D eigenvalue weighted by molar-refractivity contribution is -0.126. The molecule has 2 heterocycles. The van der Waals surface area contributed by atoms with E-state index in [9.17, 15) is 4.79 Å². The van der Waals surface area contributed by atoms with Crippen LogP contribution < -0.4 is 10.2 Å². The van der Waals surface area contributed by atoms with Crippen LogP contribution in [0.15, 0.2) is 29.6 Å². The summed E-state index contributed by atoms with van der Waals surface area (Å²) in [5.41, 5.74) is 3.10. The lowest BCUT2D eigenvalue weighted by atomic mass is 10.0. The predicted octanol–water partition coefficient (Wildman–Crippen LogP) is 2.97. The molecule has 1 fully saturated rings. The Morgan fingerprint density at radius 2 is 2.12 bits per heavy atom. The number of rotatable bonds is 6. The van der Waals surface area contributed by atoms with Crippen LogP contribution in [0, 0.1) is 6.92 Å². The number of hydrogen-bond acceptors (Lipinski definition) is 5. The highest BCUT2D eigenvalue weighted by Crippen LogP contribution is 2.24. The Bertz CT molecular complexity index is 722. The number of hydrogen-bond donors (Lipinski definition) is 1. The minimum absolute atomic E-state index is 0.00585. The molecular formula is C19H26N4OS. The number of likely N-dealkylation sites (N-methyl/N-ethyl adjacent to an activating group) is 1. The summed E-state index contributed by atoms with van der Waals surface area (Å²) < 4.78 is 0.